The number of anilines is 2. The van der Waals surface area contributed by atoms with Gasteiger partial charge < -0.3 is 15.0 Å². The number of nitrogens with one attached hydrogen (secondary N) is 1. The van der Waals surface area contributed by atoms with E-state index in [4.69, 9.17) is 4.74 Å². The molecule has 2 aromatic heterocycles. The minimum atomic E-state index is 0.406. The number of nitrogens with zero attached hydrogens (tertiary/aromatic N) is 5. The Kier molecular flexibility index (Phi) is 4.63. The van der Waals surface area contributed by atoms with Crippen molar-refractivity contribution in [3.63, 3.8) is 0 Å². The van der Waals surface area contributed by atoms with Crippen LogP contribution >= 0.6 is 0 Å². The van der Waals surface area contributed by atoms with Gasteiger partial charge in [-0.05, 0) is 25.7 Å². The molecule has 1 saturated carbocycles. The van der Waals surface area contributed by atoms with Crippen molar-refractivity contribution in [1.29, 1.82) is 0 Å². The van der Waals surface area contributed by atoms with Crippen LogP contribution < -0.4 is 15.0 Å². The number of hydrogen-bond donors (Lipinski definition) is 1. The third kappa shape index (κ3) is 3.65. The Morgan fingerprint density at radius 2 is 1.80 bits per heavy atom. The van der Waals surface area contributed by atoms with Crippen LogP contribution in [0.4, 0.5) is 11.6 Å². The second-order valence-corrected chi connectivity index (χ2v) is 6.78. The molecular weight excluding hydrogens is 316 g/mol. The van der Waals surface area contributed by atoms with Gasteiger partial charge >= 0.3 is 0 Å². The Labute approximate surface area is 147 Å². The zero-order chi connectivity index (χ0) is 17.1. The maximum atomic E-state index is 5.15. The molecule has 0 unspecified atom stereocenters. The SMILES string of the molecule is COc1cc(NC2CCN(c3cc(C4CCC4)ncn3)CC2)ncn1. The lowest BCUT2D eigenvalue weighted by Gasteiger charge is -2.34. The van der Waals surface area contributed by atoms with Crippen molar-refractivity contribution in [2.45, 2.75) is 44.1 Å². The predicted octanol–water partition coefficient (Wildman–Crippen LogP) is 2.62. The van der Waals surface area contributed by atoms with Crippen LogP contribution in [0, 0.1) is 0 Å². The first-order valence-electron chi connectivity index (χ1n) is 9.01. The van der Waals surface area contributed by atoms with Gasteiger partial charge in [-0.2, -0.15) is 0 Å². The summed E-state index contributed by atoms with van der Waals surface area (Å²) in [6, 6.07) is 4.43. The number of methoxy groups -OCH3 is 1. The van der Waals surface area contributed by atoms with Crippen molar-refractivity contribution < 1.29 is 4.74 Å². The maximum absolute atomic E-state index is 5.15. The van der Waals surface area contributed by atoms with Gasteiger partial charge in [0.15, 0.2) is 0 Å². The zero-order valence-electron chi connectivity index (χ0n) is 14.6. The first kappa shape index (κ1) is 16.1. The Bertz CT molecular complexity index is 712. The number of ether oxygens (including phenoxy) is 1. The molecule has 25 heavy (non-hydrogen) atoms. The van der Waals surface area contributed by atoms with E-state index in [9.17, 15) is 0 Å². The van der Waals surface area contributed by atoms with Crippen LogP contribution in [0.25, 0.3) is 0 Å². The van der Waals surface area contributed by atoms with Crippen molar-refractivity contribution in [2.24, 2.45) is 0 Å². The monoisotopic (exact) mass is 340 g/mol. The van der Waals surface area contributed by atoms with Crippen LogP contribution in [-0.2, 0) is 0 Å². The minimum Gasteiger partial charge on any atom is -0.481 e. The second-order valence-electron chi connectivity index (χ2n) is 6.78. The molecule has 0 aromatic carbocycles. The van der Waals surface area contributed by atoms with Crippen LogP contribution in [0.1, 0.15) is 43.7 Å². The topological polar surface area (TPSA) is 76.1 Å². The van der Waals surface area contributed by atoms with E-state index in [1.165, 1.54) is 31.3 Å². The van der Waals surface area contributed by atoms with Gasteiger partial charge in [-0.1, -0.05) is 6.42 Å². The van der Waals surface area contributed by atoms with Crippen LogP contribution in [0.5, 0.6) is 5.88 Å². The largest absolute Gasteiger partial charge is 0.481 e. The van der Waals surface area contributed by atoms with Gasteiger partial charge in [-0.15, -0.1) is 0 Å². The van der Waals surface area contributed by atoms with Crippen molar-refractivity contribution in [2.75, 3.05) is 30.4 Å². The summed E-state index contributed by atoms with van der Waals surface area (Å²) in [5.74, 6) is 3.12. The van der Waals surface area contributed by atoms with Crippen molar-refractivity contribution in [1.82, 2.24) is 19.9 Å². The normalized spacial score (nSPS) is 18.7. The van der Waals surface area contributed by atoms with Crippen LogP contribution in [0.3, 0.4) is 0 Å². The summed E-state index contributed by atoms with van der Waals surface area (Å²) in [4.78, 5) is 19.6. The number of hydrogen-bond acceptors (Lipinski definition) is 7. The predicted molar refractivity (Wildman–Crippen MR) is 96.1 cm³/mol. The lowest BCUT2D eigenvalue weighted by molar-refractivity contribution is 0.397. The maximum Gasteiger partial charge on any atom is 0.218 e. The molecule has 0 bridgehead atoms. The van der Waals surface area contributed by atoms with E-state index in [-0.39, 0.29) is 0 Å². The molecule has 1 aliphatic heterocycles. The molecular formula is C18H24N6O. The highest BCUT2D eigenvalue weighted by molar-refractivity contribution is 5.42. The summed E-state index contributed by atoms with van der Waals surface area (Å²) < 4.78 is 5.15. The smallest absolute Gasteiger partial charge is 0.218 e. The van der Waals surface area contributed by atoms with E-state index < -0.39 is 0 Å². The summed E-state index contributed by atoms with van der Waals surface area (Å²) in [6.07, 6.45) is 9.22. The fourth-order valence-corrected chi connectivity index (χ4v) is 3.45. The first-order valence-corrected chi connectivity index (χ1v) is 9.01. The van der Waals surface area contributed by atoms with Gasteiger partial charge in [-0.25, -0.2) is 19.9 Å². The molecule has 4 rings (SSSR count). The fraction of sp³-hybridized carbons (Fsp3) is 0.556. The molecule has 3 heterocycles. The molecule has 2 fully saturated rings. The lowest BCUT2D eigenvalue weighted by Crippen LogP contribution is -2.39. The molecule has 0 spiro atoms. The quantitative estimate of drug-likeness (QED) is 0.896. The van der Waals surface area contributed by atoms with Gasteiger partial charge in [0, 0.05) is 42.9 Å². The van der Waals surface area contributed by atoms with Crippen molar-refractivity contribution >= 4 is 11.6 Å². The Morgan fingerprint density at radius 1 is 1.00 bits per heavy atom. The average Bonchev–Trinajstić information content (AvgIpc) is 2.61. The van der Waals surface area contributed by atoms with E-state index in [2.05, 4.69) is 36.2 Å². The molecule has 0 amide bonds. The highest BCUT2D eigenvalue weighted by atomic mass is 16.5. The van der Waals surface area contributed by atoms with Crippen molar-refractivity contribution in [3.05, 3.63) is 30.5 Å². The molecule has 1 aliphatic carbocycles. The highest BCUT2D eigenvalue weighted by Gasteiger charge is 2.24. The van der Waals surface area contributed by atoms with E-state index in [1.54, 1.807) is 13.4 Å². The summed E-state index contributed by atoms with van der Waals surface area (Å²) in [5.41, 5.74) is 1.21. The molecule has 7 heteroatoms. The molecule has 2 aromatic rings. The van der Waals surface area contributed by atoms with Crippen LogP contribution in [0.15, 0.2) is 24.8 Å². The van der Waals surface area contributed by atoms with Crippen molar-refractivity contribution in [3.8, 4) is 5.88 Å². The van der Waals surface area contributed by atoms with Gasteiger partial charge in [0.05, 0.1) is 7.11 Å². The van der Waals surface area contributed by atoms with Gasteiger partial charge in [0.2, 0.25) is 5.88 Å². The zero-order valence-corrected chi connectivity index (χ0v) is 14.6. The standard InChI is InChI=1S/C18H24N6O/c1-25-18-10-16(20-12-22-18)23-14-5-7-24(8-6-14)17-9-15(19-11-21-17)13-3-2-4-13/h9-14H,2-8H2,1H3,(H,20,22,23). The van der Waals surface area contributed by atoms with Gasteiger partial charge in [0.1, 0.15) is 24.3 Å². The minimum absolute atomic E-state index is 0.406. The van der Waals surface area contributed by atoms with E-state index in [0.717, 1.165) is 37.6 Å². The Hall–Kier alpha value is -2.44. The summed E-state index contributed by atoms with van der Waals surface area (Å²) in [6.45, 7) is 1.97. The molecule has 1 saturated heterocycles. The third-order valence-electron chi connectivity index (χ3n) is 5.22. The summed E-state index contributed by atoms with van der Waals surface area (Å²) >= 11 is 0. The number of aromatic nitrogens is 4. The molecule has 7 nitrogen and oxygen atoms in total. The van der Waals surface area contributed by atoms with Crippen LogP contribution in [-0.4, -0.2) is 46.2 Å². The summed E-state index contributed by atoms with van der Waals surface area (Å²) in [7, 11) is 1.62. The van der Waals surface area contributed by atoms with E-state index >= 15 is 0 Å². The van der Waals surface area contributed by atoms with E-state index in [1.807, 2.05) is 6.07 Å². The Morgan fingerprint density at radius 3 is 2.52 bits per heavy atom. The molecule has 0 atom stereocenters. The number of rotatable bonds is 5. The van der Waals surface area contributed by atoms with E-state index in [0.29, 0.717) is 17.8 Å². The molecule has 1 N–H and O–H groups in total. The van der Waals surface area contributed by atoms with Crippen LogP contribution in [0.2, 0.25) is 0 Å². The Balaban J connectivity index is 1.35. The van der Waals surface area contributed by atoms with Gasteiger partial charge in [0.25, 0.3) is 0 Å². The summed E-state index contributed by atoms with van der Waals surface area (Å²) in [5, 5.41) is 3.48. The highest BCUT2D eigenvalue weighted by Crippen LogP contribution is 2.36. The number of piperidine rings is 1. The van der Waals surface area contributed by atoms with Gasteiger partial charge in [-0.3, -0.25) is 0 Å². The first-order chi connectivity index (χ1) is 12.3. The molecule has 0 radical (unpaired) electrons. The third-order valence-corrected chi connectivity index (χ3v) is 5.22. The lowest BCUT2D eigenvalue weighted by atomic mass is 9.83. The molecule has 132 valence electrons. The fourth-order valence-electron chi connectivity index (χ4n) is 3.45. The average molecular weight is 340 g/mol. The second kappa shape index (κ2) is 7.21. The molecule has 2 aliphatic rings.